The second-order valence-corrected chi connectivity index (χ2v) is 7.29. The van der Waals surface area contributed by atoms with Crippen molar-refractivity contribution in [1.29, 1.82) is 0 Å². The lowest BCUT2D eigenvalue weighted by Crippen LogP contribution is -2.04. The standard InChI is InChI=1S/C25H22N4O3/c1-2-4-20(14-25(30)31)19-7-9-22(10-8-19)32-17-18-5-6-21-15-29(28-23(21)13-18)16-24-26-11-3-12-27-24/h3,5-13,15,20H,14,16-17H2,1H3,(H,30,31)/t20-/m0/s1. The molecule has 0 saturated carbocycles. The highest BCUT2D eigenvalue weighted by Crippen LogP contribution is 2.23. The van der Waals surface area contributed by atoms with Crippen molar-refractivity contribution in [2.45, 2.75) is 32.4 Å². The van der Waals surface area contributed by atoms with Gasteiger partial charge in [-0.15, -0.1) is 5.92 Å². The highest BCUT2D eigenvalue weighted by atomic mass is 16.5. The molecule has 0 aliphatic heterocycles. The zero-order valence-corrected chi connectivity index (χ0v) is 17.6. The summed E-state index contributed by atoms with van der Waals surface area (Å²) < 4.78 is 7.74. The molecule has 7 heteroatoms. The van der Waals surface area contributed by atoms with Crippen LogP contribution in [0.4, 0.5) is 0 Å². The van der Waals surface area contributed by atoms with Gasteiger partial charge in [-0.3, -0.25) is 9.48 Å². The third-order valence-corrected chi connectivity index (χ3v) is 4.93. The molecular weight excluding hydrogens is 404 g/mol. The van der Waals surface area contributed by atoms with Gasteiger partial charge in [0.25, 0.3) is 0 Å². The Bertz CT molecular complexity index is 1270. The Labute approximate surface area is 185 Å². The molecule has 0 unspecified atom stereocenters. The van der Waals surface area contributed by atoms with Crippen molar-refractivity contribution >= 4 is 16.9 Å². The minimum atomic E-state index is -0.868. The first-order valence-electron chi connectivity index (χ1n) is 10.2. The number of hydrogen-bond donors (Lipinski definition) is 1. The molecule has 2 aromatic carbocycles. The van der Waals surface area contributed by atoms with Crippen molar-refractivity contribution in [3.05, 3.63) is 84.1 Å². The maximum atomic E-state index is 11.1. The van der Waals surface area contributed by atoms with E-state index in [9.17, 15) is 4.79 Å². The number of nitrogens with zero attached hydrogens (tertiary/aromatic N) is 4. The van der Waals surface area contributed by atoms with Crippen molar-refractivity contribution in [3.63, 3.8) is 0 Å². The summed E-state index contributed by atoms with van der Waals surface area (Å²) in [4.78, 5) is 19.5. The normalized spacial score (nSPS) is 11.5. The SMILES string of the molecule is CC#C[C@@H](CC(=O)O)c1ccc(OCc2ccc3cn(Cc4ncccn4)nc3c2)cc1. The van der Waals surface area contributed by atoms with Crippen LogP contribution in [0.5, 0.6) is 5.75 Å². The van der Waals surface area contributed by atoms with E-state index < -0.39 is 5.97 Å². The number of fused-ring (bicyclic) bond motifs is 1. The van der Waals surface area contributed by atoms with Crippen LogP contribution in [-0.2, 0) is 17.9 Å². The maximum Gasteiger partial charge on any atom is 0.304 e. The van der Waals surface area contributed by atoms with Crippen molar-refractivity contribution in [3.8, 4) is 17.6 Å². The van der Waals surface area contributed by atoms with Gasteiger partial charge in [0.15, 0.2) is 0 Å². The summed E-state index contributed by atoms with van der Waals surface area (Å²) in [6, 6.07) is 15.2. The first-order chi connectivity index (χ1) is 15.6. The number of carboxylic acids is 1. The molecule has 32 heavy (non-hydrogen) atoms. The quantitative estimate of drug-likeness (QED) is 0.428. The fourth-order valence-electron chi connectivity index (χ4n) is 3.40. The van der Waals surface area contributed by atoms with E-state index in [1.165, 1.54) is 0 Å². The number of hydrogen-bond acceptors (Lipinski definition) is 5. The highest BCUT2D eigenvalue weighted by molar-refractivity contribution is 5.78. The molecule has 0 fully saturated rings. The molecule has 7 nitrogen and oxygen atoms in total. The number of aromatic nitrogens is 4. The van der Waals surface area contributed by atoms with E-state index in [-0.39, 0.29) is 12.3 Å². The molecule has 160 valence electrons. The third-order valence-electron chi connectivity index (χ3n) is 4.93. The second kappa shape index (κ2) is 9.75. The van der Waals surface area contributed by atoms with Crippen molar-refractivity contribution < 1.29 is 14.6 Å². The van der Waals surface area contributed by atoms with E-state index in [1.807, 2.05) is 53.3 Å². The maximum absolute atomic E-state index is 11.1. The van der Waals surface area contributed by atoms with Gasteiger partial charge >= 0.3 is 5.97 Å². The number of ether oxygens (including phenoxy) is 1. The molecule has 4 rings (SSSR count). The molecule has 0 saturated heterocycles. The monoisotopic (exact) mass is 426 g/mol. The van der Waals surface area contributed by atoms with Crippen LogP contribution >= 0.6 is 0 Å². The lowest BCUT2D eigenvalue weighted by molar-refractivity contribution is -0.137. The fourth-order valence-corrected chi connectivity index (χ4v) is 3.40. The van der Waals surface area contributed by atoms with Crippen molar-refractivity contribution in [2.24, 2.45) is 0 Å². The molecule has 0 spiro atoms. The predicted octanol–water partition coefficient (Wildman–Crippen LogP) is 4.04. The van der Waals surface area contributed by atoms with Gasteiger partial charge in [0.1, 0.15) is 24.7 Å². The van der Waals surface area contributed by atoms with Crippen LogP contribution in [-0.4, -0.2) is 30.8 Å². The summed E-state index contributed by atoms with van der Waals surface area (Å²) in [6.07, 6.45) is 5.39. The van der Waals surface area contributed by atoms with E-state index in [0.717, 1.165) is 22.0 Å². The zero-order chi connectivity index (χ0) is 22.3. The van der Waals surface area contributed by atoms with E-state index in [4.69, 9.17) is 9.84 Å². The molecular formula is C25H22N4O3. The third kappa shape index (κ3) is 5.29. The molecule has 4 aromatic rings. The molecule has 0 aliphatic rings. The smallest absolute Gasteiger partial charge is 0.304 e. The highest BCUT2D eigenvalue weighted by Gasteiger charge is 2.13. The summed E-state index contributed by atoms with van der Waals surface area (Å²) >= 11 is 0. The summed E-state index contributed by atoms with van der Waals surface area (Å²) in [5.41, 5.74) is 2.75. The minimum Gasteiger partial charge on any atom is -0.489 e. The summed E-state index contributed by atoms with van der Waals surface area (Å²) in [5.74, 6) is 5.98. The number of benzene rings is 2. The summed E-state index contributed by atoms with van der Waals surface area (Å²) in [6.45, 7) is 2.62. The van der Waals surface area contributed by atoms with Crippen LogP contribution in [0, 0.1) is 11.8 Å². The van der Waals surface area contributed by atoms with Crippen LogP contribution in [0.15, 0.2) is 67.1 Å². The van der Waals surface area contributed by atoms with Crippen LogP contribution < -0.4 is 4.74 Å². The van der Waals surface area contributed by atoms with E-state index in [2.05, 4.69) is 26.9 Å². The van der Waals surface area contributed by atoms with Crippen LogP contribution in [0.2, 0.25) is 0 Å². The van der Waals surface area contributed by atoms with Crippen LogP contribution in [0.25, 0.3) is 10.9 Å². The molecule has 1 N–H and O–H groups in total. The predicted molar refractivity (Wildman–Crippen MR) is 120 cm³/mol. The largest absolute Gasteiger partial charge is 0.489 e. The van der Waals surface area contributed by atoms with Gasteiger partial charge in [0.05, 0.1) is 17.9 Å². The Hall–Kier alpha value is -4.18. The molecule has 0 bridgehead atoms. The van der Waals surface area contributed by atoms with Gasteiger partial charge < -0.3 is 9.84 Å². The minimum absolute atomic E-state index is 0.0237. The van der Waals surface area contributed by atoms with E-state index >= 15 is 0 Å². The van der Waals surface area contributed by atoms with Gasteiger partial charge in [0.2, 0.25) is 0 Å². The Morgan fingerprint density at radius 2 is 1.94 bits per heavy atom. The van der Waals surface area contributed by atoms with Gasteiger partial charge in [-0.1, -0.05) is 30.2 Å². The number of aliphatic carboxylic acids is 1. The number of carbonyl (C=O) groups is 1. The Morgan fingerprint density at radius 1 is 1.16 bits per heavy atom. The molecule has 1 atom stereocenters. The molecule has 0 radical (unpaired) electrons. The van der Waals surface area contributed by atoms with E-state index in [1.54, 1.807) is 25.4 Å². The Balaban J connectivity index is 1.41. The van der Waals surface area contributed by atoms with Gasteiger partial charge in [-0.05, 0) is 42.3 Å². The van der Waals surface area contributed by atoms with Gasteiger partial charge in [-0.2, -0.15) is 5.10 Å². The lowest BCUT2D eigenvalue weighted by Gasteiger charge is -2.11. The number of rotatable bonds is 8. The van der Waals surface area contributed by atoms with Gasteiger partial charge in [0, 0.05) is 24.0 Å². The zero-order valence-electron chi connectivity index (χ0n) is 17.6. The van der Waals surface area contributed by atoms with Crippen LogP contribution in [0.3, 0.4) is 0 Å². The number of carboxylic acid groups (broad SMARTS) is 1. The molecule has 0 amide bonds. The Morgan fingerprint density at radius 3 is 2.66 bits per heavy atom. The average molecular weight is 426 g/mol. The van der Waals surface area contributed by atoms with E-state index in [0.29, 0.717) is 24.7 Å². The Kier molecular flexibility index (Phi) is 6.42. The summed E-state index contributed by atoms with van der Waals surface area (Å²) in [5, 5.41) is 14.7. The topological polar surface area (TPSA) is 90.1 Å². The molecule has 0 aliphatic carbocycles. The first kappa shape index (κ1) is 21.1. The van der Waals surface area contributed by atoms with Gasteiger partial charge in [-0.25, -0.2) is 9.97 Å². The lowest BCUT2D eigenvalue weighted by atomic mass is 9.96. The second-order valence-electron chi connectivity index (χ2n) is 7.29. The molecule has 2 heterocycles. The summed E-state index contributed by atoms with van der Waals surface area (Å²) in [7, 11) is 0. The van der Waals surface area contributed by atoms with Crippen molar-refractivity contribution in [2.75, 3.05) is 0 Å². The van der Waals surface area contributed by atoms with Crippen molar-refractivity contribution in [1.82, 2.24) is 19.7 Å². The average Bonchev–Trinajstić information content (AvgIpc) is 3.19. The first-order valence-corrected chi connectivity index (χ1v) is 10.2. The van der Waals surface area contributed by atoms with Crippen LogP contribution in [0.1, 0.15) is 36.2 Å². The fraction of sp³-hybridized carbons (Fsp3) is 0.200. The molecule has 2 aromatic heterocycles.